The number of benzene rings is 1. The van der Waals surface area contributed by atoms with Crippen molar-refractivity contribution in [3.8, 4) is 22.4 Å². The summed E-state index contributed by atoms with van der Waals surface area (Å²) in [5, 5.41) is 10.2. The van der Waals surface area contributed by atoms with Crippen molar-refractivity contribution >= 4 is 44.4 Å². The molecule has 1 atom stereocenters. The number of nitrogens with zero attached hydrogens (tertiary/aromatic N) is 4. The van der Waals surface area contributed by atoms with Gasteiger partial charge in [-0.15, -0.1) is 0 Å². The van der Waals surface area contributed by atoms with Gasteiger partial charge in [-0.3, -0.25) is 0 Å². The second-order valence-corrected chi connectivity index (χ2v) is 11.1. The number of aromatic nitrogens is 3. The minimum absolute atomic E-state index is 0.0324. The highest BCUT2D eigenvalue weighted by Gasteiger charge is 2.35. The van der Waals surface area contributed by atoms with E-state index in [1.54, 1.807) is 17.3 Å². The molecule has 7 nitrogen and oxygen atoms in total. The summed E-state index contributed by atoms with van der Waals surface area (Å²) in [6, 6.07) is 12.1. The number of hydrogen-bond acceptors (Lipinski definition) is 8. The normalized spacial score (nSPS) is 14.9. The molecule has 0 spiro atoms. The smallest absolute Gasteiger partial charge is 0.232 e. The lowest BCUT2D eigenvalue weighted by Crippen LogP contribution is -2.28. The molecule has 0 saturated heterocycles. The highest BCUT2D eigenvalue weighted by molar-refractivity contribution is 7.94. The summed E-state index contributed by atoms with van der Waals surface area (Å²) in [5.41, 5.74) is 10.7. The standard InChI is InChI=1S/C24H25N5O2S2/c1-29(10-11-30)24-26-13-16(14-27-24)19-12-18(15-6-3-2-4-7-15)20-21(25)23(32-22(20)28-19)33(31)17-8-5-9-17/h2-4,6-7,12-14,17,30H,5,8-11,25H2,1H3/t33-/m1/s1. The molecule has 0 unspecified atom stereocenters. The fourth-order valence-electron chi connectivity index (χ4n) is 3.88. The van der Waals surface area contributed by atoms with Gasteiger partial charge < -0.3 is 20.3 Å². The first kappa shape index (κ1) is 22.1. The predicted octanol–water partition coefficient (Wildman–Crippen LogP) is 4.09. The van der Waals surface area contributed by atoms with Gasteiger partial charge in [0.1, 0.15) is 15.8 Å². The summed E-state index contributed by atoms with van der Waals surface area (Å²) in [7, 11) is 1.83. The minimum Gasteiger partial charge on any atom is -0.611 e. The number of aliphatic hydroxyl groups excluding tert-OH is 1. The van der Waals surface area contributed by atoms with E-state index in [0.717, 1.165) is 56.1 Å². The lowest BCUT2D eigenvalue weighted by molar-refractivity contribution is 0.303. The van der Waals surface area contributed by atoms with Gasteiger partial charge in [-0.25, -0.2) is 15.0 Å². The quantitative estimate of drug-likeness (QED) is 0.384. The van der Waals surface area contributed by atoms with Gasteiger partial charge in [0.25, 0.3) is 0 Å². The summed E-state index contributed by atoms with van der Waals surface area (Å²) in [6.45, 7) is 0.488. The number of likely N-dealkylation sites (N-methyl/N-ethyl adjacent to an activating group) is 1. The molecule has 0 bridgehead atoms. The lowest BCUT2D eigenvalue weighted by atomic mass is 10.00. The van der Waals surface area contributed by atoms with Crippen molar-refractivity contribution < 1.29 is 9.66 Å². The van der Waals surface area contributed by atoms with Crippen LogP contribution in [0.1, 0.15) is 19.3 Å². The average molecular weight is 480 g/mol. The molecule has 1 aromatic carbocycles. The van der Waals surface area contributed by atoms with Crippen molar-refractivity contribution in [1.29, 1.82) is 0 Å². The number of nitrogen functional groups attached to an aromatic ring is 1. The molecule has 170 valence electrons. The van der Waals surface area contributed by atoms with Gasteiger partial charge in [0.2, 0.25) is 10.2 Å². The van der Waals surface area contributed by atoms with Crippen LogP contribution in [-0.4, -0.2) is 50.1 Å². The Morgan fingerprint density at radius 1 is 1.18 bits per heavy atom. The molecule has 5 rings (SSSR count). The Bertz CT molecular complexity index is 1260. The number of thiophene rings is 1. The van der Waals surface area contributed by atoms with Gasteiger partial charge in [0.05, 0.1) is 12.3 Å². The Labute approximate surface area is 199 Å². The molecule has 3 heterocycles. The van der Waals surface area contributed by atoms with E-state index in [1.165, 1.54) is 11.3 Å². The molecule has 0 radical (unpaired) electrons. The number of fused-ring (bicyclic) bond motifs is 1. The predicted molar refractivity (Wildman–Crippen MR) is 135 cm³/mol. The largest absolute Gasteiger partial charge is 0.611 e. The number of hydrogen-bond donors (Lipinski definition) is 2. The third-order valence-electron chi connectivity index (χ3n) is 6.00. The molecule has 4 aromatic rings. The first-order chi connectivity index (χ1) is 16.1. The first-order valence-electron chi connectivity index (χ1n) is 10.9. The van der Waals surface area contributed by atoms with Crippen LogP contribution in [-0.2, 0) is 11.2 Å². The summed E-state index contributed by atoms with van der Waals surface area (Å²) in [6.07, 6.45) is 6.58. The Morgan fingerprint density at radius 2 is 1.91 bits per heavy atom. The molecule has 3 aromatic heterocycles. The third-order valence-corrected chi connectivity index (χ3v) is 9.30. The molecule has 9 heteroatoms. The van der Waals surface area contributed by atoms with Gasteiger partial charge in [0.15, 0.2) is 0 Å². The van der Waals surface area contributed by atoms with Crippen LogP contribution in [0.5, 0.6) is 0 Å². The van der Waals surface area contributed by atoms with Crippen LogP contribution in [0.15, 0.2) is 53.0 Å². The Hall–Kier alpha value is -2.72. The molecule has 1 saturated carbocycles. The van der Waals surface area contributed by atoms with E-state index < -0.39 is 11.2 Å². The monoisotopic (exact) mass is 479 g/mol. The summed E-state index contributed by atoms with van der Waals surface area (Å²) < 4.78 is 13.9. The highest BCUT2D eigenvalue weighted by Crippen LogP contribution is 2.45. The van der Waals surface area contributed by atoms with E-state index in [2.05, 4.69) is 9.97 Å². The van der Waals surface area contributed by atoms with E-state index in [1.807, 2.05) is 43.4 Å². The molecule has 33 heavy (non-hydrogen) atoms. The van der Waals surface area contributed by atoms with E-state index >= 15 is 0 Å². The summed E-state index contributed by atoms with van der Waals surface area (Å²) in [4.78, 5) is 16.3. The topological polar surface area (TPSA) is 111 Å². The van der Waals surface area contributed by atoms with Crippen LogP contribution >= 0.6 is 11.3 Å². The first-order valence-corrected chi connectivity index (χ1v) is 12.9. The number of rotatable bonds is 7. The minimum atomic E-state index is -1.11. The zero-order chi connectivity index (χ0) is 22.9. The van der Waals surface area contributed by atoms with Crippen molar-refractivity contribution in [2.24, 2.45) is 0 Å². The SMILES string of the molecule is CN(CCO)c1ncc(-c2cc(-c3ccccc3)c3c(N)c([S@+]([O-])C4CCC4)sc3n2)cn1. The maximum Gasteiger partial charge on any atom is 0.232 e. The summed E-state index contributed by atoms with van der Waals surface area (Å²) >= 11 is 0.320. The van der Waals surface area contributed by atoms with Crippen molar-refractivity contribution in [1.82, 2.24) is 15.0 Å². The Balaban J connectivity index is 1.63. The van der Waals surface area contributed by atoms with E-state index in [9.17, 15) is 4.55 Å². The van der Waals surface area contributed by atoms with Gasteiger partial charge in [-0.1, -0.05) is 41.7 Å². The van der Waals surface area contributed by atoms with Crippen LogP contribution < -0.4 is 10.6 Å². The van der Waals surface area contributed by atoms with Crippen LogP contribution in [0.2, 0.25) is 0 Å². The van der Waals surface area contributed by atoms with Crippen molar-refractivity contribution in [2.75, 3.05) is 30.8 Å². The van der Waals surface area contributed by atoms with E-state index in [0.29, 0.717) is 18.2 Å². The van der Waals surface area contributed by atoms with Gasteiger partial charge in [-0.2, -0.15) is 0 Å². The summed E-state index contributed by atoms with van der Waals surface area (Å²) in [5.74, 6) is 0.538. The van der Waals surface area contributed by atoms with Crippen molar-refractivity contribution in [2.45, 2.75) is 28.7 Å². The molecule has 1 aliphatic rings. The fraction of sp³-hybridized carbons (Fsp3) is 0.292. The number of aliphatic hydroxyl groups is 1. The number of pyridine rings is 1. The van der Waals surface area contributed by atoms with Gasteiger partial charge in [0, 0.05) is 48.1 Å². The number of nitrogens with two attached hydrogens (primary N) is 1. The third kappa shape index (κ3) is 4.17. The van der Waals surface area contributed by atoms with Gasteiger partial charge >= 0.3 is 0 Å². The van der Waals surface area contributed by atoms with Crippen LogP contribution in [0, 0.1) is 0 Å². The second kappa shape index (κ2) is 9.26. The lowest BCUT2D eigenvalue weighted by Gasteiger charge is -2.27. The zero-order valence-electron chi connectivity index (χ0n) is 18.3. The van der Waals surface area contributed by atoms with E-state index in [4.69, 9.17) is 15.8 Å². The second-order valence-electron chi connectivity index (χ2n) is 8.17. The Morgan fingerprint density at radius 3 is 2.55 bits per heavy atom. The highest BCUT2D eigenvalue weighted by atomic mass is 32.2. The molecule has 3 N–H and O–H groups in total. The molecule has 0 aliphatic heterocycles. The zero-order valence-corrected chi connectivity index (χ0v) is 19.9. The maximum absolute atomic E-state index is 13.1. The molecule has 1 aliphatic carbocycles. The maximum atomic E-state index is 13.1. The van der Waals surface area contributed by atoms with E-state index in [-0.39, 0.29) is 11.9 Å². The number of anilines is 2. The molecular weight excluding hydrogens is 454 g/mol. The molecule has 1 fully saturated rings. The van der Waals surface area contributed by atoms with Crippen LogP contribution in [0.25, 0.3) is 32.6 Å². The fourth-order valence-corrected chi connectivity index (χ4v) is 7.09. The van der Waals surface area contributed by atoms with Gasteiger partial charge in [-0.05, 0) is 36.5 Å². The van der Waals surface area contributed by atoms with Crippen molar-refractivity contribution in [3.63, 3.8) is 0 Å². The molecule has 0 amide bonds. The van der Waals surface area contributed by atoms with Crippen molar-refractivity contribution in [3.05, 3.63) is 48.8 Å². The molecular formula is C24H25N5O2S2. The Kier molecular flexibility index (Phi) is 6.20. The van der Waals surface area contributed by atoms with Crippen LogP contribution in [0.3, 0.4) is 0 Å². The van der Waals surface area contributed by atoms with Crippen LogP contribution in [0.4, 0.5) is 11.6 Å². The average Bonchev–Trinajstić information content (AvgIpc) is 3.14.